The molecule has 0 radical (unpaired) electrons. The van der Waals surface area contributed by atoms with Crippen molar-refractivity contribution in [2.45, 2.75) is 40.3 Å². The van der Waals surface area contributed by atoms with Gasteiger partial charge in [0.25, 0.3) is 5.91 Å². The average Bonchev–Trinajstić information content (AvgIpc) is 2.84. The summed E-state index contributed by atoms with van der Waals surface area (Å²) in [6.45, 7) is 8.02. The molecule has 0 aliphatic carbocycles. The summed E-state index contributed by atoms with van der Waals surface area (Å²) in [4.78, 5) is 24.7. The summed E-state index contributed by atoms with van der Waals surface area (Å²) < 4.78 is 7.30. The number of aromatic nitrogens is 1. The zero-order valence-electron chi connectivity index (χ0n) is 14.5. The standard InChI is InChI=1S/C18H20Cl2N2O3/c1-5-22-10(2)9-13(11(22)3)18(24)25-12(4)17(23)21-16-14(19)7-6-8-15(16)20/h6-9,12H,5H2,1-4H3,(H,21,23)/t12-/m0/s1. The molecule has 1 aromatic carbocycles. The molecular formula is C18H20Cl2N2O3. The molecule has 25 heavy (non-hydrogen) atoms. The van der Waals surface area contributed by atoms with E-state index in [0.29, 0.717) is 21.3 Å². The van der Waals surface area contributed by atoms with Crippen LogP contribution in [0.25, 0.3) is 0 Å². The zero-order valence-corrected chi connectivity index (χ0v) is 16.0. The summed E-state index contributed by atoms with van der Waals surface area (Å²) in [7, 11) is 0. The molecule has 1 heterocycles. The van der Waals surface area contributed by atoms with Crippen molar-refractivity contribution in [1.29, 1.82) is 0 Å². The van der Waals surface area contributed by atoms with E-state index in [4.69, 9.17) is 27.9 Å². The Hall–Kier alpha value is -1.98. The monoisotopic (exact) mass is 382 g/mol. The second-order valence-corrected chi connectivity index (χ2v) is 6.48. The normalized spacial score (nSPS) is 11.9. The lowest BCUT2D eigenvalue weighted by atomic mass is 10.2. The van der Waals surface area contributed by atoms with Crippen molar-refractivity contribution < 1.29 is 14.3 Å². The maximum Gasteiger partial charge on any atom is 0.340 e. The zero-order chi connectivity index (χ0) is 18.7. The Kier molecular flexibility index (Phi) is 6.14. The number of aryl methyl sites for hydroxylation is 1. The largest absolute Gasteiger partial charge is 0.449 e. The lowest BCUT2D eigenvalue weighted by Crippen LogP contribution is -2.30. The van der Waals surface area contributed by atoms with Crippen LogP contribution in [0, 0.1) is 13.8 Å². The van der Waals surface area contributed by atoms with Crippen LogP contribution in [-0.2, 0) is 16.1 Å². The van der Waals surface area contributed by atoms with Crippen LogP contribution < -0.4 is 5.32 Å². The van der Waals surface area contributed by atoms with Gasteiger partial charge in [-0.1, -0.05) is 29.3 Å². The Labute approximate surface area is 156 Å². The van der Waals surface area contributed by atoms with E-state index >= 15 is 0 Å². The molecule has 0 unspecified atom stereocenters. The third kappa shape index (κ3) is 4.17. The van der Waals surface area contributed by atoms with E-state index in [1.165, 1.54) is 6.92 Å². The lowest BCUT2D eigenvalue weighted by Gasteiger charge is -2.15. The van der Waals surface area contributed by atoms with E-state index < -0.39 is 18.0 Å². The van der Waals surface area contributed by atoms with Crippen LogP contribution in [0.4, 0.5) is 5.69 Å². The van der Waals surface area contributed by atoms with E-state index in [0.717, 1.165) is 17.9 Å². The summed E-state index contributed by atoms with van der Waals surface area (Å²) in [5, 5.41) is 3.21. The van der Waals surface area contributed by atoms with Gasteiger partial charge in [-0.05, 0) is 45.9 Å². The van der Waals surface area contributed by atoms with Crippen molar-refractivity contribution in [3.63, 3.8) is 0 Å². The van der Waals surface area contributed by atoms with E-state index in [9.17, 15) is 9.59 Å². The molecule has 0 spiro atoms. The van der Waals surface area contributed by atoms with E-state index in [1.807, 2.05) is 25.3 Å². The molecule has 0 bridgehead atoms. The third-order valence-electron chi connectivity index (χ3n) is 3.97. The molecule has 0 saturated heterocycles. The number of rotatable bonds is 5. The summed E-state index contributed by atoms with van der Waals surface area (Å²) >= 11 is 12.1. The van der Waals surface area contributed by atoms with Gasteiger partial charge < -0.3 is 14.6 Å². The molecule has 0 aliphatic rings. The molecule has 1 aromatic heterocycles. The summed E-state index contributed by atoms with van der Waals surface area (Å²) in [5.41, 5.74) is 2.52. The number of nitrogens with one attached hydrogen (secondary N) is 1. The predicted octanol–water partition coefficient (Wildman–Crippen LogP) is 4.62. The second kappa shape index (κ2) is 7.93. The maximum atomic E-state index is 12.4. The number of carbonyl (C=O) groups excluding carboxylic acids is 2. The van der Waals surface area contributed by atoms with Gasteiger partial charge in [0.2, 0.25) is 0 Å². The third-order valence-corrected chi connectivity index (χ3v) is 4.60. The highest BCUT2D eigenvalue weighted by Gasteiger charge is 2.23. The van der Waals surface area contributed by atoms with Crippen molar-refractivity contribution in [1.82, 2.24) is 4.57 Å². The summed E-state index contributed by atoms with van der Waals surface area (Å²) in [6.07, 6.45) is -0.996. The number of benzene rings is 1. The highest BCUT2D eigenvalue weighted by Crippen LogP contribution is 2.30. The van der Waals surface area contributed by atoms with Gasteiger partial charge in [0.1, 0.15) is 0 Å². The SMILES string of the molecule is CCn1c(C)cc(C(=O)O[C@@H](C)C(=O)Nc2c(Cl)cccc2Cl)c1C. The molecule has 1 N–H and O–H groups in total. The van der Waals surface area contributed by atoms with Gasteiger partial charge in [-0.2, -0.15) is 0 Å². The minimum Gasteiger partial charge on any atom is -0.449 e. The number of para-hydroxylation sites is 1. The maximum absolute atomic E-state index is 12.4. The quantitative estimate of drug-likeness (QED) is 0.767. The molecular weight excluding hydrogens is 363 g/mol. The van der Waals surface area contributed by atoms with Gasteiger partial charge in [0, 0.05) is 17.9 Å². The van der Waals surface area contributed by atoms with Gasteiger partial charge in [0.05, 0.1) is 21.3 Å². The molecule has 0 aliphatic heterocycles. The molecule has 2 aromatic rings. The van der Waals surface area contributed by atoms with E-state index in [2.05, 4.69) is 5.32 Å². The number of esters is 1. The Bertz CT molecular complexity index is 795. The van der Waals surface area contributed by atoms with Crippen LogP contribution in [0.2, 0.25) is 10.0 Å². The molecule has 1 amide bonds. The minimum atomic E-state index is -0.996. The number of hydrogen-bond acceptors (Lipinski definition) is 3. The average molecular weight is 383 g/mol. The topological polar surface area (TPSA) is 60.3 Å². The summed E-state index contributed by atoms with van der Waals surface area (Å²) in [5.74, 6) is -1.05. The minimum absolute atomic E-state index is 0.294. The fourth-order valence-electron chi connectivity index (χ4n) is 2.61. The molecule has 0 fully saturated rings. The number of halogens is 2. The molecule has 5 nitrogen and oxygen atoms in total. The lowest BCUT2D eigenvalue weighted by molar-refractivity contribution is -0.123. The fourth-order valence-corrected chi connectivity index (χ4v) is 3.11. The van der Waals surface area contributed by atoms with Crippen molar-refractivity contribution in [2.75, 3.05) is 5.32 Å². The highest BCUT2D eigenvalue weighted by atomic mass is 35.5. The van der Waals surface area contributed by atoms with Crippen LogP contribution in [-0.4, -0.2) is 22.5 Å². The van der Waals surface area contributed by atoms with Crippen LogP contribution in [0.3, 0.4) is 0 Å². The molecule has 134 valence electrons. The van der Waals surface area contributed by atoms with Gasteiger partial charge in [0.15, 0.2) is 6.10 Å². The van der Waals surface area contributed by atoms with Gasteiger partial charge in [-0.15, -0.1) is 0 Å². The molecule has 0 saturated carbocycles. The first-order valence-corrected chi connectivity index (χ1v) is 8.64. The van der Waals surface area contributed by atoms with Crippen molar-refractivity contribution in [2.24, 2.45) is 0 Å². The number of hydrogen-bond donors (Lipinski definition) is 1. The number of carbonyl (C=O) groups is 2. The summed E-state index contributed by atoms with van der Waals surface area (Å²) in [6, 6.07) is 6.66. The number of nitrogens with zero attached hydrogens (tertiary/aromatic N) is 1. The first kappa shape index (κ1) is 19.3. The first-order chi connectivity index (χ1) is 11.8. The predicted molar refractivity (Wildman–Crippen MR) is 99.5 cm³/mol. The Balaban J connectivity index is 2.10. The number of ether oxygens (including phenoxy) is 1. The van der Waals surface area contributed by atoms with Crippen LogP contribution in [0.5, 0.6) is 0 Å². The Morgan fingerprint density at radius 2 is 1.84 bits per heavy atom. The number of anilines is 1. The molecule has 2 rings (SSSR count). The van der Waals surface area contributed by atoms with Crippen molar-refractivity contribution in [3.8, 4) is 0 Å². The fraction of sp³-hybridized carbons (Fsp3) is 0.333. The van der Waals surface area contributed by atoms with Gasteiger partial charge in [-0.25, -0.2) is 4.79 Å². The first-order valence-electron chi connectivity index (χ1n) is 7.88. The molecule has 1 atom stereocenters. The van der Waals surface area contributed by atoms with Crippen LogP contribution in [0.1, 0.15) is 35.6 Å². The smallest absolute Gasteiger partial charge is 0.340 e. The van der Waals surface area contributed by atoms with Gasteiger partial charge in [-0.3, -0.25) is 4.79 Å². The number of amides is 1. The van der Waals surface area contributed by atoms with E-state index in [-0.39, 0.29) is 0 Å². The van der Waals surface area contributed by atoms with E-state index in [1.54, 1.807) is 24.3 Å². The Morgan fingerprint density at radius 3 is 2.36 bits per heavy atom. The van der Waals surface area contributed by atoms with Gasteiger partial charge >= 0.3 is 5.97 Å². The Morgan fingerprint density at radius 1 is 1.24 bits per heavy atom. The second-order valence-electron chi connectivity index (χ2n) is 5.66. The highest BCUT2D eigenvalue weighted by molar-refractivity contribution is 6.39. The molecule has 7 heteroatoms. The van der Waals surface area contributed by atoms with Crippen molar-refractivity contribution in [3.05, 3.63) is 51.3 Å². The van der Waals surface area contributed by atoms with Crippen molar-refractivity contribution >= 4 is 40.8 Å². The van der Waals surface area contributed by atoms with Crippen LogP contribution >= 0.6 is 23.2 Å². The van der Waals surface area contributed by atoms with Crippen LogP contribution in [0.15, 0.2) is 24.3 Å².